The maximum atomic E-state index is 12.7. The van der Waals surface area contributed by atoms with E-state index < -0.39 is 0 Å². The first kappa shape index (κ1) is 17.4. The molecule has 1 N–H and O–H groups in total. The average molecular weight is 362 g/mol. The zero-order valence-corrected chi connectivity index (χ0v) is 15.0. The Morgan fingerprint density at radius 3 is 2.81 bits per heavy atom. The van der Waals surface area contributed by atoms with Gasteiger partial charge in [-0.15, -0.1) is 0 Å². The number of pyridine rings is 1. The molecule has 1 saturated heterocycles. The number of nitrogens with one attached hydrogen (secondary N) is 1. The molecule has 1 unspecified atom stereocenters. The summed E-state index contributed by atoms with van der Waals surface area (Å²) in [6.45, 7) is 2.71. The molecule has 1 aliphatic heterocycles. The number of nitrogens with zero attached hydrogens (tertiary/aromatic N) is 5. The van der Waals surface area contributed by atoms with Crippen LogP contribution in [0.15, 0.2) is 61.3 Å². The van der Waals surface area contributed by atoms with Gasteiger partial charge in [-0.05, 0) is 37.1 Å². The maximum Gasteiger partial charge on any atom is 0.228 e. The van der Waals surface area contributed by atoms with E-state index in [4.69, 9.17) is 0 Å². The molecular weight excluding hydrogens is 340 g/mol. The molecule has 3 aromatic rings. The van der Waals surface area contributed by atoms with Gasteiger partial charge in [-0.2, -0.15) is 5.10 Å². The Bertz CT molecular complexity index is 863. The quantitative estimate of drug-likeness (QED) is 0.755. The molecule has 7 heteroatoms. The highest BCUT2D eigenvalue weighted by Gasteiger charge is 2.25. The van der Waals surface area contributed by atoms with Crippen LogP contribution in [0.1, 0.15) is 18.4 Å². The van der Waals surface area contributed by atoms with Gasteiger partial charge in [-0.1, -0.05) is 30.3 Å². The maximum absolute atomic E-state index is 12.7. The fourth-order valence-electron chi connectivity index (χ4n) is 3.42. The van der Waals surface area contributed by atoms with Crippen LogP contribution in [0.3, 0.4) is 0 Å². The van der Waals surface area contributed by atoms with Gasteiger partial charge < -0.3 is 5.32 Å². The van der Waals surface area contributed by atoms with Gasteiger partial charge in [0.1, 0.15) is 12.7 Å². The Morgan fingerprint density at radius 1 is 1.19 bits per heavy atom. The number of hydrogen-bond acceptors (Lipinski definition) is 5. The summed E-state index contributed by atoms with van der Waals surface area (Å²) in [5.41, 5.74) is 1.98. The minimum absolute atomic E-state index is 0.00236. The Kier molecular flexibility index (Phi) is 5.20. The number of piperidine rings is 1. The fraction of sp³-hybridized carbons (Fsp3) is 0.300. The summed E-state index contributed by atoms with van der Waals surface area (Å²) < 4.78 is 1.58. The van der Waals surface area contributed by atoms with Crippen LogP contribution in [0, 0.1) is 5.92 Å². The summed E-state index contributed by atoms with van der Waals surface area (Å²) in [5, 5.41) is 7.04. The molecule has 1 atom stereocenters. The van der Waals surface area contributed by atoms with Crippen LogP contribution in [-0.4, -0.2) is 43.6 Å². The predicted octanol–water partition coefficient (Wildman–Crippen LogP) is 2.51. The van der Waals surface area contributed by atoms with Crippen LogP contribution in [0.4, 0.5) is 5.69 Å². The molecule has 4 rings (SSSR count). The second-order valence-electron chi connectivity index (χ2n) is 6.79. The number of carbonyl (C=O) groups excluding carboxylic acids is 1. The van der Waals surface area contributed by atoms with Crippen molar-refractivity contribution in [1.29, 1.82) is 0 Å². The molecule has 7 nitrogen and oxygen atoms in total. The molecule has 0 radical (unpaired) electrons. The van der Waals surface area contributed by atoms with Crippen molar-refractivity contribution >= 4 is 11.6 Å². The normalized spacial score (nSPS) is 17.6. The summed E-state index contributed by atoms with van der Waals surface area (Å²) in [4.78, 5) is 23.3. The Balaban J connectivity index is 1.35. The molecule has 1 amide bonds. The molecule has 2 aromatic heterocycles. The molecular formula is C20H22N6O. The van der Waals surface area contributed by atoms with E-state index in [1.165, 1.54) is 11.9 Å². The van der Waals surface area contributed by atoms with Crippen LogP contribution in [0.25, 0.3) is 5.82 Å². The number of rotatable bonds is 5. The lowest BCUT2D eigenvalue weighted by Crippen LogP contribution is -2.40. The van der Waals surface area contributed by atoms with Crippen molar-refractivity contribution in [2.75, 3.05) is 18.4 Å². The highest BCUT2D eigenvalue weighted by atomic mass is 16.1. The number of amides is 1. The number of aromatic nitrogens is 4. The van der Waals surface area contributed by atoms with Crippen LogP contribution < -0.4 is 5.32 Å². The third kappa shape index (κ3) is 4.38. The van der Waals surface area contributed by atoms with Gasteiger partial charge in [0.2, 0.25) is 5.91 Å². The Morgan fingerprint density at radius 2 is 2.07 bits per heavy atom. The van der Waals surface area contributed by atoms with Gasteiger partial charge in [0.25, 0.3) is 0 Å². The summed E-state index contributed by atoms with van der Waals surface area (Å²) >= 11 is 0. The number of likely N-dealkylation sites (tertiary alicyclic amines) is 1. The summed E-state index contributed by atoms with van der Waals surface area (Å²) in [6.07, 6.45) is 6.65. The zero-order chi connectivity index (χ0) is 18.5. The van der Waals surface area contributed by atoms with E-state index >= 15 is 0 Å². The Labute approximate surface area is 158 Å². The van der Waals surface area contributed by atoms with E-state index in [9.17, 15) is 4.79 Å². The van der Waals surface area contributed by atoms with Crippen molar-refractivity contribution in [3.8, 4) is 5.82 Å². The van der Waals surface area contributed by atoms with Crippen LogP contribution in [0.5, 0.6) is 0 Å². The van der Waals surface area contributed by atoms with Gasteiger partial charge in [0, 0.05) is 13.1 Å². The first-order valence-corrected chi connectivity index (χ1v) is 9.16. The SMILES string of the molecule is O=C(Nc1ccc(-n2cncn2)nc1)C1CCCN(Cc2ccccc2)C1. The first-order chi connectivity index (χ1) is 13.3. The Hall–Kier alpha value is -3.06. The highest BCUT2D eigenvalue weighted by molar-refractivity contribution is 5.92. The third-order valence-electron chi connectivity index (χ3n) is 4.79. The van der Waals surface area contributed by atoms with E-state index in [0.29, 0.717) is 11.5 Å². The standard InChI is InChI=1S/C20H22N6O/c27-20(24-18-8-9-19(22-11-18)26-15-21-14-23-26)17-7-4-10-25(13-17)12-16-5-2-1-3-6-16/h1-3,5-6,8-9,11,14-15,17H,4,7,10,12-13H2,(H,24,27). The molecule has 0 saturated carbocycles. The van der Waals surface area contributed by atoms with E-state index in [2.05, 4.69) is 49.5 Å². The zero-order valence-electron chi connectivity index (χ0n) is 15.0. The molecule has 138 valence electrons. The number of anilines is 1. The lowest BCUT2D eigenvalue weighted by molar-refractivity contribution is -0.121. The number of benzene rings is 1. The molecule has 1 fully saturated rings. The summed E-state index contributed by atoms with van der Waals surface area (Å²) in [7, 11) is 0. The first-order valence-electron chi connectivity index (χ1n) is 9.16. The van der Waals surface area contributed by atoms with Crippen molar-refractivity contribution in [3.05, 3.63) is 66.9 Å². The van der Waals surface area contributed by atoms with Gasteiger partial charge in [0.05, 0.1) is 17.8 Å². The fourth-order valence-corrected chi connectivity index (χ4v) is 3.42. The van der Waals surface area contributed by atoms with Gasteiger partial charge in [0.15, 0.2) is 5.82 Å². The van der Waals surface area contributed by atoms with Crippen LogP contribution in [0.2, 0.25) is 0 Å². The summed E-state index contributed by atoms with van der Waals surface area (Å²) in [6, 6.07) is 14.1. The lowest BCUT2D eigenvalue weighted by Gasteiger charge is -2.32. The highest BCUT2D eigenvalue weighted by Crippen LogP contribution is 2.20. The molecule has 27 heavy (non-hydrogen) atoms. The van der Waals surface area contributed by atoms with Crippen molar-refractivity contribution in [2.45, 2.75) is 19.4 Å². The molecule has 0 spiro atoms. The van der Waals surface area contributed by atoms with E-state index in [-0.39, 0.29) is 11.8 Å². The third-order valence-corrected chi connectivity index (χ3v) is 4.79. The minimum Gasteiger partial charge on any atom is -0.324 e. The van der Waals surface area contributed by atoms with E-state index in [0.717, 1.165) is 32.5 Å². The van der Waals surface area contributed by atoms with Crippen molar-refractivity contribution < 1.29 is 4.79 Å². The largest absolute Gasteiger partial charge is 0.324 e. The summed E-state index contributed by atoms with van der Waals surface area (Å²) in [5.74, 6) is 0.720. The van der Waals surface area contributed by atoms with Crippen LogP contribution >= 0.6 is 0 Å². The second-order valence-corrected chi connectivity index (χ2v) is 6.79. The van der Waals surface area contributed by atoms with Gasteiger partial charge >= 0.3 is 0 Å². The average Bonchev–Trinajstić information content (AvgIpc) is 3.24. The number of hydrogen-bond donors (Lipinski definition) is 1. The molecule has 3 heterocycles. The smallest absolute Gasteiger partial charge is 0.228 e. The van der Waals surface area contributed by atoms with Gasteiger partial charge in [-0.25, -0.2) is 14.6 Å². The molecule has 0 aliphatic carbocycles. The molecule has 0 bridgehead atoms. The monoisotopic (exact) mass is 362 g/mol. The predicted molar refractivity (Wildman–Crippen MR) is 102 cm³/mol. The topological polar surface area (TPSA) is 75.9 Å². The van der Waals surface area contributed by atoms with Crippen LogP contribution in [-0.2, 0) is 11.3 Å². The van der Waals surface area contributed by atoms with E-state index in [1.54, 1.807) is 17.2 Å². The lowest BCUT2D eigenvalue weighted by atomic mass is 9.96. The van der Waals surface area contributed by atoms with E-state index in [1.807, 2.05) is 18.2 Å². The van der Waals surface area contributed by atoms with Crippen molar-refractivity contribution in [1.82, 2.24) is 24.6 Å². The molecule has 1 aromatic carbocycles. The molecule has 1 aliphatic rings. The second kappa shape index (κ2) is 8.09. The minimum atomic E-state index is -0.00236. The van der Waals surface area contributed by atoms with Crippen molar-refractivity contribution in [2.24, 2.45) is 5.92 Å². The van der Waals surface area contributed by atoms with Gasteiger partial charge in [-0.3, -0.25) is 9.69 Å². The number of carbonyl (C=O) groups is 1. The van der Waals surface area contributed by atoms with Crippen molar-refractivity contribution in [3.63, 3.8) is 0 Å².